The van der Waals surface area contributed by atoms with E-state index in [1.807, 2.05) is 24.3 Å². The summed E-state index contributed by atoms with van der Waals surface area (Å²) in [6.45, 7) is 2.06. The molecule has 0 radical (unpaired) electrons. The van der Waals surface area contributed by atoms with Gasteiger partial charge >= 0.3 is 0 Å². The van der Waals surface area contributed by atoms with Gasteiger partial charge < -0.3 is 15.8 Å². The molecule has 6 nitrogen and oxygen atoms in total. The quantitative estimate of drug-likeness (QED) is 0.311. The molecule has 4 rings (SSSR count). The first-order chi connectivity index (χ1) is 16.8. The van der Waals surface area contributed by atoms with Gasteiger partial charge in [-0.25, -0.2) is 0 Å². The normalized spacial score (nSPS) is 11.9. The zero-order valence-corrected chi connectivity index (χ0v) is 21.0. The Morgan fingerprint density at radius 3 is 2.34 bits per heavy atom. The minimum Gasteiger partial charge on any atom is -0.492 e. The zero-order chi connectivity index (χ0) is 25.1. The fourth-order valence-electron chi connectivity index (χ4n) is 3.74. The lowest BCUT2D eigenvalue weighted by atomic mass is 9.99. The van der Waals surface area contributed by atoms with Crippen molar-refractivity contribution >= 4 is 51.6 Å². The Balaban J connectivity index is 1.89. The van der Waals surface area contributed by atoms with Crippen molar-refractivity contribution in [3.05, 3.63) is 92.2 Å². The van der Waals surface area contributed by atoms with E-state index in [2.05, 4.69) is 5.32 Å². The highest BCUT2D eigenvalue weighted by Gasteiger charge is 2.17. The molecule has 0 bridgehead atoms. The maximum Gasteiger partial charge on any atom is 0.255 e. The standard InChI is InChI=1S/C26H22Cl3N3O3/c1-15(30)26(34)31-11-12-35-16-13-19(17-5-2-3-6-20(17)27)18-9-10-24(33)32(23(18)14-16)25-21(28)7-4-8-22(25)29/h2-10,13-15H,11-12,30H2,1H3,(H,31,34)/t15-/m1/s1. The summed E-state index contributed by atoms with van der Waals surface area (Å²) in [5.41, 5.74) is 7.72. The molecule has 4 aromatic rings. The molecule has 0 aliphatic carbocycles. The number of carbonyl (C=O) groups excluding carboxylic acids is 1. The monoisotopic (exact) mass is 529 g/mol. The number of hydrogen-bond acceptors (Lipinski definition) is 4. The number of fused-ring (bicyclic) bond motifs is 1. The minimum absolute atomic E-state index is 0.190. The summed E-state index contributed by atoms with van der Waals surface area (Å²) in [4.78, 5) is 24.8. The van der Waals surface area contributed by atoms with E-state index in [4.69, 9.17) is 45.3 Å². The van der Waals surface area contributed by atoms with Crippen molar-refractivity contribution in [3.63, 3.8) is 0 Å². The average molecular weight is 531 g/mol. The van der Waals surface area contributed by atoms with Gasteiger partial charge in [-0.15, -0.1) is 0 Å². The molecule has 3 aromatic carbocycles. The molecule has 0 aliphatic heterocycles. The van der Waals surface area contributed by atoms with Gasteiger partial charge in [0.1, 0.15) is 12.4 Å². The molecule has 9 heteroatoms. The largest absolute Gasteiger partial charge is 0.492 e. The Bertz CT molecular complexity index is 1450. The van der Waals surface area contributed by atoms with Gasteiger partial charge in [0.15, 0.2) is 0 Å². The van der Waals surface area contributed by atoms with Gasteiger partial charge in [0.05, 0.1) is 33.8 Å². The van der Waals surface area contributed by atoms with Crippen LogP contribution in [0.5, 0.6) is 5.75 Å². The van der Waals surface area contributed by atoms with Crippen LogP contribution in [0.25, 0.3) is 27.7 Å². The summed E-state index contributed by atoms with van der Waals surface area (Å²) in [6, 6.07) is 18.6. The van der Waals surface area contributed by atoms with Crippen LogP contribution in [0.3, 0.4) is 0 Å². The molecule has 0 saturated carbocycles. The lowest BCUT2D eigenvalue weighted by Gasteiger charge is -2.18. The van der Waals surface area contributed by atoms with Crippen LogP contribution >= 0.6 is 34.8 Å². The Hall–Kier alpha value is -3.03. The Labute approximate surface area is 217 Å². The third kappa shape index (κ3) is 5.31. The molecule has 1 heterocycles. The summed E-state index contributed by atoms with van der Waals surface area (Å²) >= 11 is 19.5. The fourth-order valence-corrected chi connectivity index (χ4v) is 4.55. The van der Waals surface area contributed by atoms with E-state index >= 15 is 0 Å². The van der Waals surface area contributed by atoms with Gasteiger partial charge in [0.25, 0.3) is 5.56 Å². The van der Waals surface area contributed by atoms with E-state index in [0.717, 1.165) is 16.5 Å². The number of nitrogens with zero attached hydrogens (tertiary/aromatic N) is 1. The van der Waals surface area contributed by atoms with E-state index in [0.29, 0.717) is 32.0 Å². The van der Waals surface area contributed by atoms with Crippen molar-refractivity contribution in [3.8, 4) is 22.6 Å². The van der Waals surface area contributed by atoms with Crippen LogP contribution in [-0.4, -0.2) is 29.7 Å². The number of hydrogen-bond donors (Lipinski definition) is 2. The predicted octanol–water partition coefficient (Wildman–Crippen LogP) is 5.46. The Morgan fingerprint density at radius 2 is 1.66 bits per heavy atom. The third-order valence-corrected chi connectivity index (χ3v) is 6.33. The second-order valence-electron chi connectivity index (χ2n) is 7.89. The topological polar surface area (TPSA) is 86.4 Å². The third-order valence-electron chi connectivity index (χ3n) is 5.39. The van der Waals surface area contributed by atoms with E-state index in [1.165, 1.54) is 10.6 Å². The van der Waals surface area contributed by atoms with Crippen LogP contribution < -0.4 is 21.3 Å². The van der Waals surface area contributed by atoms with Crippen LogP contribution in [0.4, 0.5) is 0 Å². The molecule has 1 atom stereocenters. The van der Waals surface area contributed by atoms with Crippen molar-refractivity contribution < 1.29 is 9.53 Å². The highest BCUT2D eigenvalue weighted by atomic mass is 35.5. The molecule has 1 aromatic heterocycles. The molecule has 0 saturated heterocycles. The number of amides is 1. The van der Waals surface area contributed by atoms with E-state index in [9.17, 15) is 9.59 Å². The SMILES string of the molecule is C[C@@H](N)C(=O)NCCOc1cc(-c2ccccc2Cl)c2ccc(=O)n(-c3c(Cl)cccc3Cl)c2c1. The van der Waals surface area contributed by atoms with Gasteiger partial charge in [-0.2, -0.15) is 0 Å². The van der Waals surface area contributed by atoms with Gasteiger partial charge in [0, 0.05) is 28.1 Å². The highest BCUT2D eigenvalue weighted by Crippen LogP contribution is 2.38. The molecular weight excluding hydrogens is 509 g/mol. The minimum atomic E-state index is -0.614. The first-order valence-electron chi connectivity index (χ1n) is 10.8. The molecule has 35 heavy (non-hydrogen) atoms. The number of pyridine rings is 1. The average Bonchev–Trinajstić information content (AvgIpc) is 2.82. The number of nitrogens with one attached hydrogen (secondary N) is 1. The molecule has 0 spiro atoms. The lowest BCUT2D eigenvalue weighted by molar-refractivity contribution is -0.122. The molecule has 0 unspecified atom stereocenters. The Morgan fingerprint density at radius 1 is 0.971 bits per heavy atom. The second kappa shape index (κ2) is 10.7. The molecule has 180 valence electrons. The van der Waals surface area contributed by atoms with Gasteiger partial charge in [0.2, 0.25) is 5.91 Å². The van der Waals surface area contributed by atoms with Crippen LogP contribution in [0.1, 0.15) is 6.92 Å². The first kappa shape index (κ1) is 25.1. The van der Waals surface area contributed by atoms with Crippen LogP contribution in [0.15, 0.2) is 71.5 Å². The van der Waals surface area contributed by atoms with Crippen molar-refractivity contribution in [2.75, 3.05) is 13.2 Å². The van der Waals surface area contributed by atoms with Crippen molar-refractivity contribution in [1.29, 1.82) is 0 Å². The summed E-state index contributed by atoms with van der Waals surface area (Å²) in [5.74, 6) is 0.205. The van der Waals surface area contributed by atoms with Crippen LogP contribution in [-0.2, 0) is 4.79 Å². The highest BCUT2D eigenvalue weighted by molar-refractivity contribution is 6.38. The van der Waals surface area contributed by atoms with Crippen LogP contribution in [0.2, 0.25) is 15.1 Å². The molecule has 0 aliphatic rings. The maximum absolute atomic E-state index is 13.1. The van der Waals surface area contributed by atoms with Crippen LogP contribution in [0, 0.1) is 0 Å². The van der Waals surface area contributed by atoms with E-state index in [1.54, 1.807) is 43.3 Å². The van der Waals surface area contributed by atoms with E-state index < -0.39 is 6.04 Å². The molecule has 3 N–H and O–H groups in total. The second-order valence-corrected chi connectivity index (χ2v) is 9.11. The van der Waals surface area contributed by atoms with Gasteiger partial charge in [-0.1, -0.05) is 59.1 Å². The number of aromatic nitrogens is 1. The molecular formula is C26H22Cl3N3O3. The lowest BCUT2D eigenvalue weighted by Crippen LogP contribution is -2.40. The number of benzene rings is 3. The Kier molecular flexibility index (Phi) is 7.67. The summed E-state index contributed by atoms with van der Waals surface area (Å²) in [5, 5.41) is 4.67. The smallest absolute Gasteiger partial charge is 0.255 e. The van der Waals surface area contributed by atoms with Crippen molar-refractivity contribution in [2.24, 2.45) is 5.73 Å². The van der Waals surface area contributed by atoms with Crippen molar-refractivity contribution in [1.82, 2.24) is 9.88 Å². The summed E-state index contributed by atoms with van der Waals surface area (Å²) in [7, 11) is 0. The fraction of sp³-hybridized carbons (Fsp3) is 0.154. The number of rotatable bonds is 7. The summed E-state index contributed by atoms with van der Waals surface area (Å²) < 4.78 is 7.42. The number of nitrogens with two attached hydrogens (primary N) is 1. The predicted molar refractivity (Wildman–Crippen MR) is 142 cm³/mol. The van der Waals surface area contributed by atoms with Gasteiger partial charge in [-0.3, -0.25) is 14.2 Å². The van der Waals surface area contributed by atoms with Gasteiger partial charge in [-0.05, 0) is 42.8 Å². The number of ether oxygens (including phenoxy) is 1. The maximum atomic E-state index is 13.1. The zero-order valence-electron chi connectivity index (χ0n) is 18.7. The molecule has 0 fully saturated rings. The first-order valence-corrected chi connectivity index (χ1v) is 12.0. The number of halogens is 3. The summed E-state index contributed by atoms with van der Waals surface area (Å²) in [6.07, 6.45) is 0. The molecule has 1 amide bonds. The van der Waals surface area contributed by atoms with Crippen molar-refractivity contribution in [2.45, 2.75) is 13.0 Å². The van der Waals surface area contributed by atoms with E-state index in [-0.39, 0.29) is 24.6 Å². The number of carbonyl (C=O) groups is 1. The number of para-hydroxylation sites is 1.